The summed E-state index contributed by atoms with van der Waals surface area (Å²) >= 11 is 0. The molecule has 0 spiro atoms. The van der Waals surface area contributed by atoms with Crippen molar-refractivity contribution in [2.45, 2.75) is 30.9 Å². The van der Waals surface area contributed by atoms with Gasteiger partial charge in [-0.3, -0.25) is 9.47 Å². The van der Waals surface area contributed by atoms with Gasteiger partial charge >= 0.3 is 24.4 Å². The number of halogens is 8. The summed E-state index contributed by atoms with van der Waals surface area (Å²) in [6.07, 6.45) is -19.2. The first kappa shape index (κ1) is 13.3. The quantitative estimate of drug-likeness (QED) is 0.639. The molecule has 110 valence electrons. The van der Waals surface area contributed by atoms with Gasteiger partial charge in [0.05, 0.1) is 23.7 Å². The third-order valence-corrected chi connectivity index (χ3v) is 3.95. The van der Waals surface area contributed by atoms with Gasteiger partial charge in [-0.2, -0.15) is 35.1 Å². The van der Waals surface area contributed by atoms with E-state index in [1.54, 1.807) is 0 Å². The molecule has 10 heteroatoms. The molecule has 2 aliphatic heterocycles. The van der Waals surface area contributed by atoms with Crippen LogP contribution < -0.4 is 0 Å². The highest BCUT2D eigenvalue weighted by atomic mass is 19.3. The number of hydrogen-bond acceptors (Lipinski definition) is 2. The molecule has 1 saturated carbocycles. The lowest BCUT2D eigenvalue weighted by molar-refractivity contribution is -0.357. The van der Waals surface area contributed by atoms with E-state index in [4.69, 9.17) is 0 Å². The zero-order valence-corrected chi connectivity index (χ0v) is 8.86. The number of alkyl halides is 8. The van der Waals surface area contributed by atoms with Crippen LogP contribution in [0.25, 0.3) is 0 Å². The van der Waals surface area contributed by atoms with Gasteiger partial charge in [0, 0.05) is 0 Å². The Bertz CT molecular complexity index is 384. The second kappa shape index (κ2) is 3.16. The smallest absolute Gasteiger partial charge is 0.255 e. The fraction of sp³-hybridized carbons (Fsp3) is 1.00. The minimum absolute atomic E-state index is 1.21. The molecule has 19 heavy (non-hydrogen) atoms. The summed E-state index contributed by atoms with van der Waals surface area (Å²) in [5, 5.41) is 0. The van der Waals surface area contributed by atoms with Crippen LogP contribution in [0.1, 0.15) is 6.42 Å². The first-order valence-corrected chi connectivity index (χ1v) is 5.30. The maximum absolute atomic E-state index is 13.3. The van der Waals surface area contributed by atoms with Gasteiger partial charge in [-0.15, -0.1) is 0 Å². The average Bonchev–Trinajstić information content (AvgIpc) is 2.65. The van der Waals surface area contributed by atoms with E-state index in [1.165, 1.54) is 0 Å². The molecule has 2 nitrogen and oxygen atoms in total. The van der Waals surface area contributed by atoms with E-state index < -0.39 is 54.5 Å². The summed E-state index contributed by atoms with van der Waals surface area (Å²) in [5.74, 6) is -10.1. The first-order chi connectivity index (χ1) is 8.39. The molecular formula is C9H6F8O2. The number of fused-ring (bicyclic) bond motifs is 3. The summed E-state index contributed by atoms with van der Waals surface area (Å²) in [6, 6.07) is 0. The summed E-state index contributed by atoms with van der Waals surface area (Å²) in [6.45, 7) is 0. The third-order valence-electron chi connectivity index (χ3n) is 3.95. The topological polar surface area (TPSA) is 18.5 Å². The molecule has 3 rings (SSSR count). The fourth-order valence-corrected chi connectivity index (χ4v) is 3.30. The van der Waals surface area contributed by atoms with E-state index in [-0.39, 0.29) is 0 Å². The van der Waals surface area contributed by atoms with Gasteiger partial charge in [0.25, 0.3) is 0 Å². The second-order valence-electron chi connectivity index (χ2n) is 4.95. The molecule has 0 N–H and O–H groups in total. The van der Waals surface area contributed by atoms with Gasteiger partial charge in [-0.1, -0.05) is 0 Å². The Morgan fingerprint density at radius 3 is 1.21 bits per heavy atom. The van der Waals surface area contributed by atoms with Crippen molar-refractivity contribution in [2.75, 3.05) is 0 Å². The lowest BCUT2D eigenvalue weighted by Crippen LogP contribution is -2.38. The van der Waals surface area contributed by atoms with Crippen molar-refractivity contribution >= 4 is 0 Å². The number of hydrogen-bond donors (Lipinski definition) is 0. The maximum atomic E-state index is 13.3. The summed E-state index contributed by atoms with van der Waals surface area (Å²) in [4.78, 5) is 0. The largest absolute Gasteiger partial charge is 0.364 e. The van der Waals surface area contributed by atoms with E-state index in [9.17, 15) is 35.1 Å². The molecule has 3 fully saturated rings. The van der Waals surface area contributed by atoms with Gasteiger partial charge < -0.3 is 0 Å². The lowest BCUT2D eigenvalue weighted by Gasteiger charge is -2.24. The summed E-state index contributed by atoms with van der Waals surface area (Å²) in [7, 11) is 0. The van der Waals surface area contributed by atoms with Gasteiger partial charge in [-0.25, -0.2) is 0 Å². The molecule has 0 bridgehead atoms. The molecule has 0 aromatic heterocycles. The maximum Gasteiger partial charge on any atom is 0.364 e. The van der Waals surface area contributed by atoms with Crippen LogP contribution in [0, 0.1) is 23.7 Å². The highest BCUT2D eigenvalue weighted by Crippen LogP contribution is 2.69. The highest BCUT2D eigenvalue weighted by molar-refractivity contribution is 5.08. The third kappa shape index (κ3) is 1.55. The Labute approximate surface area is 100 Å². The second-order valence-corrected chi connectivity index (χ2v) is 4.95. The zero-order chi connectivity index (χ0) is 14.4. The normalized spacial score (nSPS) is 48.0. The van der Waals surface area contributed by atoms with Crippen LogP contribution in [0.2, 0.25) is 0 Å². The SMILES string of the molecule is FC1(F)OC(F)(F)[C@H]2C[C@@H]3[C@H]([C@H]21)C(F)(F)OC3(F)F. The first-order valence-electron chi connectivity index (χ1n) is 5.30. The molecule has 1 aliphatic carbocycles. The molecule has 0 unspecified atom stereocenters. The Hall–Kier alpha value is -0.640. The number of rotatable bonds is 0. The summed E-state index contributed by atoms with van der Waals surface area (Å²) < 4.78 is 112. The molecule has 2 saturated heterocycles. The van der Waals surface area contributed by atoms with Crippen molar-refractivity contribution in [2.24, 2.45) is 23.7 Å². The predicted octanol–water partition coefficient (Wildman–Crippen LogP) is 3.29. The van der Waals surface area contributed by atoms with E-state index in [0.29, 0.717) is 0 Å². The van der Waals surface area contributed by atoms with Crippen molar-refractivity contribution in [3.05, 3.63) is 0 Å². The van der Waals surface area contributed by atoms with Crippen LogP contribution in [0.5, 0.6) is 0 Å². The molecule has 3 aliphatic rings. The van der Waals surface area contributed by atoms with E-state index in [2.05, 4.69) is 9.47 Å². The van der Waals surface area contributed by atoms with E-state index >= 15 is 0 Å². The fourth-order valence-electron chi connectivity index (χ4n) is 3.30. The van der Waals surface area contributed by atoms with E-state index in [1.807, 2.05) is 0 Å². The van der Waals surface area contributed by atoms with Crippen LogP contribution in [-0.2, 0) is 9.47 Å². The minimum atomic E-state index is -4.60. The van der Waals surface area contributed by atoms with Gasteiger partial charge in [0.15, 0.2) is 0 Å². The van der Waals surface area contributed by atoms with Crippen LogP contribution in [0.4, 0.5) is 35.1 Å². The Morgan fingerprint density at radius 2 is 0.895 bits per heavy atom. The molecule has 2 heterocycles. The lowest BCUT2D eigenvalue weighted by atomic mass is 9.87. The van der Waals surface area contributed by atoms with Crippen molar-refractivity contribution in [1.82, 2.24) is 0 Å². The van der Waals surface area contributed by atoms with Crippen LogP contribution in [-0.4, -0.2) is 24.4 Å². The van der Waals surface area contributed by atoms with Gasteiger partial charge in [0.2, 0.25) is 0 Å². The Kier molecular flexibility index (Phi) is 2.22. The van der Waals surface area contributed by atoms with Gasteiger partial charge in [-0.05, 0) is 6.42 Å². The molecule has 0 aromatic rings. The van der Waals surface area contributed by atoms with Crippen LogP contribution >= 0.6 is 0 Å². The molecule has 4 atom stereocenters. The number of ether oxygens (including phenoxy) is 2. The van der Waals surface area contributed by atoms with Crippen molar-refractivity contribution in [1.29, 1.82) is 0 Å². The summed E-state index contributed by atoms with van der Waals surface area (Å²) in [5.41, 5.74) is 0. The van der Waals surface area contributed by atoms with Crippen LogP contribution in [0.15, 0.2) is 0 Å². The zero-order valence-electron chi connectivity index (χ0n) is 8.86. The predicted molar refractivity (Wildman–Crippen MR) is 40.5 cm³/mol. The monoisotopic (exact) mass is 298 g/mol. The molecular weight excluding hydrogens is 292 g/mol. The van der Waals surface area contributed by atoms with Crippen molar-refractivity contribution < 1.29 is 44.6 Å². The van der Waals surface area contributed by atoms with Gasteiger partial charge in [0.1, 0.15) is 0 Å². The molecule has 0 radical (unpaired) electrons. The molecule has 0 aromatic carbocycles. The van der Waals surface area contributed by atoms with Crippen LogP contribution in [0.3, 0.4) is 0 Å². The van der Waals surface area contributed by atoms with Crippen molar-refractivity contribution in [3.63, 3.8) is 0 Å². The average molecular weight is 298 g/mol. The highest BCUT2D eigenvalue weighted by Gasteiger charge is 2.83. The minimum Gasteiger partial charge on any atom is -0.255 e. The van der Waals surface area contributed by atoms with Crippen molar-refractivity contribution in [3.8, 4) is 0 Å². The Balaban J connectivity index is 2.07. The standard InChI is InChI=1S/C9H6F8O2/c10-6(11)2-1-3-5(4(2)8(14,15)18-6)9(16,17)19-7(3,12)13/h2-5H,1H2/t2-,3+,4-,5+. The van der Waals surface area contributed by atoms with E-state index in [0.717, 1.165) is 0 Å². The Morgan fingerprint density at radius 1 is 0.579 bits per heavy atom. The molecule has 0 amide bonds.